The Balaban J connectivity index is 1.54. The highest BCUT2D eigenvalue weighted by molar-refractivity contribution is 7.92. The van der Waals surface area contributed by atoms with Gasteiger partial charge in [0.15, 0.2) is 0 Å². The lowest BCUT2D eigenvalue weighted by molar-refractivity contribution is 0.169. The Labute approximate surface area is 197 Å². The Hall–Kier alpha value is -2.91. The molecule has 1 unspecified atom stereocenters. The lowest BCUT2D eigenvalue weighted by Crippen LogP contribution is -2.28. The number of fused-ring (bicyclic) bond motifs is 1. The van der Waals surface area contributed by atoms with Gasteiger partial charge in [0.2, 0.25) is 10.0 Å². The van der Waals surface area contributed by atoms with Gasteiger partial charge in [0.1, 0.15) is 5.75 Å². The number of sulfonamides is 1. The van der Waals surface area contributed by atoms with Crippen molar-refractivity contribution in [1.29, 1.82) is 0 Å². The molecule has 0 amide bonds. The largest absolute Gasteiger partial charge is 0.506 e. The van der Waals surface area contributed by atoms with Crippen LogP contribution in [0.4, 0.5) is 5.69 Å². The molecule has 1 heterocycles. The van der Waals surface area contributed by atoms with E-state index in [1.54, 1.807) is 17.4 Å². The second-order valence-electron chi connectivity index (χ2n) is 8.04. The number of rotatable bonds is 9. The summed E-state index contributed by atoms with van der Waals surface area (Å²) < 4.78 is 26.6. The Morgan fingerprint density at radius 2 is 1.73 bits per heavy atom. The number of nitrogens with one attached hydrogen (secondary N) is 2. The molecule has 172 valence electrons. The molecule has 0 aliphatic heterocycles. The maximum absolute atomic E-state index is 11.6. The molecule has 0 aliphatic carbocycles. The highest BCUT2D eigenvalue weighted by Crippen LogP contribution is 2.29. The third kappa shape index (κ3) is 6.11. The minimum atomic E-state index is -3.56. The monoisotopic (exact) mass is 482 g/mol. The first kappa shape index (κ1) is 23.3. The van der Waals surface area contributed by atoms with Crippen LogP contribution in [-0.2, 0) is 16.4 Å². The van der Waals surface area contributed by atoms with Crippen LogP contribution in [-0.4, -0.2) is 31.4 Å². The molecule has 4 N–H and O–H groups in total. The summed E-state index contributed by atoms with van der Waals surface area (Å²) in [6, 6.07) is 23.1. The molecule has 0 spiro atoms. The van der Waals surface area contributed by atoms with Crippen LogP contribution in [0.15, 0.2) is 78.2 Å². The standard InChI is InChI=1S/C25H26N2O4S2/c1-33(30,31)27-22-15-19(7-9-23(22)28)24(29)16-26-21(13-17-5-3-2-4-6-17)18-8-10-25-20(14-18)11-12-32-25/h2-12,14-15,21,24,26-29H,13,16H2,1H3/t21?,24-/m0/s1. The number of benzene rings is 3. The number of thiophene rings is 1. The van der Waals surface area contributed by atoms with Crippen LogP contribution in [0.2, 0.25) is 0 Å². The van der Waals surface area contributed by atoms with E-state index >= 15 is 0 Å². The van der Waals surface area contributed by atoms with E-state index in [2.05, 4.69) is 51.8 Å². The molecule has 3 aromatic carbocycles. The lowest BCUT2D eigenvalue weighted by atomic mass is 9.97. The van der Waals surface area contributed by atoms with Gasteiger partial charge in [-0.1, -0.05) is 42.5 Å². The molecule has 1 aromatic heterocycles. The maximum atomic E-state index is 11.6. The summed E-state index contributed by atoms with van der Waals surface area (Å²) in [5.74, 6) is -0.199. The quantitative estimate of drug-likeness (QED) is 0.262. The van der Waals surface area contributed by atoms with Crippen LogP contribution in [0.3, 0.4) is 0 Å². The molecule has 4 rings (SSSR count). The molecule has 0 radical (unpaired) electrons. The van der Waals surface area contributed by atoms with Gasteiger partial charge in [-0.15, -0.1) is 11.3 Å². The fraction of sp³-hybridized carbons (Fsp3) is 0.200. The summed E-state index contributed by atoms with van der Waals surface area (Å²) in [6.07, 6.45) is 0.865. The summed E-state index contributed by atoms with van der Waals surface area (Å²) in [4.78, 5) is 0. The number of aliphatic hydroxyl groups is 1. The first-order chi connectivity index (χ1) is 15.8. The van der Waals surface area contributed by atoms with E-state index < -0.39 is 16.1 Å². The van der Waals surface area contributed by atoms with Crippen molar-refractivity contribution in [3.8, 4) is 5.75 Å². The van der Waals surface area contributed by atoms with E-state index in [-0.39, 0.29) is 24.0 Å². The van der Waals surface area contributed by atoms with Gasteiger partial charge >= 0.3 is 0 Å². The van der Waals surface area contributed by atoms with Crippen molar-refractivity contribution in [3.05, 3.63) is 94.9 Å². The van der Waals surface area contributed by atoms with Crippen LogP contribution in [0, 0.1) is 0 Å². The van der Waals surface area contributed by atoms with Crippen LogP contribution < -0.4 is 10.0 Å². The fourth-order valence-electron chi connectivity index (χ4n) is 3.77. The lowest BCUT2D eigenvalue weighted by Gasteiger charge is -2.22. The van der Waals surface area contributed by atoms with Crippen molar-refractivity contribution in [2.24, 2.45) is 0 Å². The molecular weight excluding hydrogens is 456 g/mol. The normalized spacial score (nSPS) is 13.6. The Kier molecular flexibility index (Phi) is 6.99. The highest BCUT2D eigenvalue weighted by atomic mass is 32.2. The smallest absolute Gasteiger partial charge is 0.229 e. The molecule has 33 heavy (non-hydrogen) atoms. The molecule has 4 aromatic rings. The van der Waals surface area contributed by atoms with Crippen molar-refractivity contribution < 1.29 is 18.6 Å². The first-order valence-corrected chi connectivity index (χ1v) is 13.3. The Bertz CT molecular complexity index is 1340. The second kappa shape index (κ2) is 9.93. The number of aliphatic hydroxyl groups excluding tert-OH is 1. The zero-order valence-corrected chi connectivity index (χ0v) is 19.7. The van der Waals surface area contributed by atoms with E-state index in [1.807, 2.05) is 18.2 Å². The summed E-state index contributed by atoms with van der Waals surface area (Å²) in [5.41, 5.74) is 2.84. The van der Waals surface area contributed by atoms with Gasteiger partial charge < -0.3 is 15.5 Å². The average molecular weight is 483 g/mol. The predicted octanol–water partition coefficient (Wildman–Crippen LogP) is 4.59. The summed E-state index contributed by atoms with van der Waals surface area (Å²) in [5, 5.41) is 27.5. The van der Waals surface area contributed by atoms with Crippen LogP contribution in [0.5, 0.6) is 5.75 Å². The fourth-order valence-corrected chi connectivity index (χ4v) is 5.11. The molecule has 0 bridgehead atoms. The van der Waals surface area contributed by atoms with E-state index in [4.69, 9.17) is 0 Å². The maximum Gasteiger partial charge on any atom is 0.229 e. The molecule has 6 nitrogen and oxygen atoms in total. The van der Waals surface area contributed by atoms with E-state index in [9.17, 15) is 18.6 Å². The van der Waals surface area contributed by atoms with Gasteiger partial charge in [0.05, 0.1) is 18.0 Å². The summed E-state index contributed by atoms with van der Waals surface area (Å²) >= 11 is 1.70. The number of aromatic hydroxyl groups is 1. The van der Waals surface area contributed by atoms with Gasteiger partial charge in [-0.3, -0.25) is 4.72 Å². The van der Waals surface area contributed by atoms with Crippen LogP contribution in [0.1, 0.15) is 28.8 Å². The van der Waals surface area contributed by atoms with Gasteiger partial charge in [-0.25, -0.2) is 8.42 Å². The van der Waals surface area contributed by atoms with Crippen molar-refractivity contribution in [2.45, 2.75) is 18.6 Å². The van der Waals surface area contributed by atoms with E-state index in [0.29, 0.717) is 5.56 Å². The topological polar surface area (TPSA) is 98.7 Å². The molecule has 0 fully saturated rings. The number of anilines is 1. The minimum Gasteiger partial charge on any atom is -0.506 e. The molecule has 8 heteroatoms. The van der Waals surface area contributed by atoms with Gasteiger partial charge in [0, 0.05) is 17.3 Å². The predicted molar refractivity (Wildman–Crippen MR) is 134 cm³/mol. The molecule has 0 saturated carbocycles. The molecular formula is C25H26N2O4S2. The SMILES string of the molecule is CS(=O)(=O)Nc1cc([C@@H](O)CNC(Cc2ccccc2)c2ccc3sccc3c2)ccc1O. The third-order valence-corrected chi connectivity index (χ3v) is 6.91. The molecule has 2 atom stereocenters. The zero-order valence-electron chi connectivity index (χ0n) is 18.1. The zero-order chi connectivity index (χ0) is 23.4. The average Bonchev–Trinajstić information content (AvgIpc) is 3.25. The second-order valence-corrected chi connectivity index (χ2v) is 10.7. The first-order valence-electron chi connectivity index (χ1n) is 10.5. The van der Waals surface area contributed by atoms with Gasteiger partial charge in [-0.05, 0) is 64.2 Å². The highest BCUT2D eigenvalue weighted by Gasteiger charge is 2.17. The van der Waals surface area contributed by atoms with Crippen LogP contribution in [0.25, 0.3) is 10.1 Å². The van der Waals surface area contributed by atoms with Crippen molar-refractivity contribution in [1.82, 2.24) is 5.32 Å². The Morgan fingerprint density at radius 1 is 0.970 bits per heavy atom. The van der Waals surface area contributed by atoms with E-state index in [0.717, 1.165) is 18.2 Å². The van der Waals surface area contributed by atoms with Crippen molar-refractivity contribution in [3.63, 3.8) is 0 Å². The summed E-state index contributed by atoms with van der Waals surface area (Å²) in [6.45, 7) is 0.252. The third-order valence-electron chi connectivity index (χ3n) is 5.42. The van der Waals surface area contributed by atoms with Crippen molar-refractivity contribution in [2.75, 3.05) is 17.5 Å². The minimum absolute atomic E-state index is 0.0305. The number of phenols is 1. The molecule has 0 aliphatic rings. The van der Waals surface area contributed by atoms with Crippen molar-refractivity contribution >= 4 is 37.1 Å². The van der Waals surface area contributed by atoms with E-state index in [1.165, 1.54) is 27.8 Å². The van der Waals surface area contributed by atoms with Gasteiger partial charge in [0.25, 0.3) is 0 Å². The van der Waals surface area contributed by atoms with Gasteiger partial charge in [-0.2, -0.15) is 0 Å². The number of hydrogen-bond donors (Lipinski definition) is 4. The summed E-state index contributed by atoms with van der Waals surface area (Å²) in [7, 11) is -3.56. The number of phenolic OH excluding ortho intramolecular Hbond substituents is 1. The Morgan fingerprint density at radius 3 is 2.48 bits per heavy atom. The molecule has 0 saturated heterocycles. The van der Waals surface area contributed by atoms with Crippen LogP contribution >= 0.6 is 11.3 Å². The number of hydrogen-bond acceptors (Lipinski definition) is 6.